The Morgan fingerprint density at radius 2 is 2.21 bits per heavy atom. The van der Waals surface area contributed by atoms with Gasteiger partial charge in [0, 0.05) is 24.9 Å². The molecule has 0 aliphatic rings. The summed E-state index contributed by atoms with van der Waals surface area (Å²) in [6.07, 6.45) is 8.33. The number of rotatable bonds is 7. The van der Waals surface area contributed by atoms with Crippen LogP contribution >= 0.6 is 0 Å². The molecule has 80 valence electrons. The fourth-order valence-corrected chi connectivity index (χ4v) is 1.57. The monoisotopic (exact) mass is 195 g/mol. The van der Waals surface area contributed by atoms with Crippen LogP contribution in [0.2, 0.25) is 0 Å². The minimum absolute atomic E-state index is 0.687. The van der Waals surface area contributed by atoms with Crippen LogP contribution in [0.1, 0.15) is 38.9 Å². The fourth-order valence-electron chi connectivity index (χ4n) is 1.57. The summed E-state index contributed by atoms with van der Waals surface area (Å²) >= 11 is 0. The van der Waals surface area contributed by atoms with Gasteiger partial charge in [0.1, 0.15) is 5.82 Å². The highest BCUT2D eigenvalue weighted by Gasteiger charge is 2.01. The van der Waals surface area contributed by atoms with Gasteiger partial charge in [-0.2, -0.15) is 0 Å². The van der Waals surface area contributed by atoms with Crippen LogP contribution < -0.4 is 5.32 Å². The van der Waals surface area contributed by atoms with Gasteiger partial charge >= 0.3 is 0 Å². The van der Waals surface area contributed by atoms with Crippen molar-refractivity contribution in [3.05, 3.63) is 18.2 Å². The van der Waals surface area contributed by atoms with Crippen LogP contribution in [0.15, 0.2) is 12.4 Å². The van der Waals surface area contributed by atoms with E-state index in [1.54, 1.807) is 0 Å². The van der Waals surface area contributed by atoms with E-state index in [0.717, 1.165) is 25.2 Å². The lowest BCUT2D eigenvalue weighted by Gasteiger charge is -2.13. The minimum atomic E-state index is 0.687. The van der Waals surface area contributed by atoms with E-state index in [9.17, 15) is 0 Å². The van der Waals surface area contributed by atoms with Crippen LogP contribution in [-0.4, -0.2) is 22.6 Å². The van der Waals surface area contributed by atoms with E-state index < -0.39 is 0 Å². The highest BCUT2D eigenvalue weighted by Crippen LogP contribution is 1.98. The molecule has 0 aliphatic heterocycles. The Labute approximate surface area is 86.3 Å². The Kier molecular flexibility index (Phi) is 5.30. The molecule has 0 radical (unpaired) electrons. The Bertz CT molecular complexity index is 214. The van der Waals surface area contributed by atoms with Crippen molar-refractivity contribution in [2.24, 2.45) is 0 Å². The van der Waals surface area contributed by atoms with Crippen molar-refractivity contribution in [3.63, 3.8) is 0 Å². The molecule has 3 nitrogen and oxygen atoms in total. The smallest absolute Gasteiger partial charge is 0.106 e. The SMILES string of the molecule is CCC(CC)NCCCc1ncc[nH]1. The largest absolute Gasteiger partial charge is 0.349 e. The topological polar surface area (TPSA) is 40.7 Å². The molecule has 0 bridgehead atoms. The summed E-state index contributed by atoms with van der Waals surface area (Å²) in [4.78, 5) is 7.30. The number of imidazole rings is 1. The molecule has 1 rings (SSSR count). The van der Waals surface area contributed by atoms with Crippen molar-refractivity contribution in [3.8, 4) is 0 Å². The van der Waals surface area contributed by atoms with Gasteiger partial charge in [-0.25, -0.2) is 4.98 Å². The van der Waals surface area contributed by atoms with Crippen molar-refractivity contribution >= 4 is 0 Å². The van der Waals surface area contributed by atoms with Gasteiger partial charge in [-0.3, -0.25) is 0 Å². The second kappa shape index (κ2) is 6.60. The van der Waals surface area contributed by atoms with Crippen molar-refractivity contribution in [1.82, 2.24) is 15.3 Å². The van der Waals surface area contributed by atoms with Gasteiger partial charge in [0.2, 0.25) is 0 Å². The van der Waals surface area contributed by atoms with Crippen LogP contribution in [0, 0.1) is 0 Å². The number of aryl methyl sites for hydroxylation is 1. The summed E-state index contributed by atoms with van der Waals surface area (Å²) in [5, 5.41) is 3.54. The zero-order chi connectivity index (χ0) is 10.2. The molecule has 0 saturated carbocycles. The third kappa shape index (κ3) is 3.92. The minimum Gasteiger partial charge on any atom is -0.349 e. The number of hydrogen-bond donors (Lipinski definition) is 2. The highest BCUT2D eigenvalue weighted by molar-refractivity contribution is 4.86. The van der Waals surface area contributed by atoms with E-state index in [1.807, 2.05) is 12.4 Å². The number of aromatic nitrogens is 2. The van der Waals surface area contributed by atoms with Crippen LogP contribution in [-0.2, 0) is 6.42 Å². The predicted molar refractivity (Wildman–Crippen MR) is 59.3 cm³/mol. The molecule has 1 aromatic rings. The maximum atomic E-state index is 4.19. The lowest BCUT2D eigenvalue weighted by Crippen LogP contribution is -2.28. The lowest BCUT2D eigenvalue weighted by molar-refractivity contribution is 0.477. The van der Waals surface area contributed by atoms with Gasteiger partial charge in [0.25, 0.3) is 0 Å². The predicted octanol–water partition coefficient (Wildman–Crippen LogP) is 2.12. The molecule has 14 heavy (non-hydrogen) atoms. The van der Waals surface area contributed by atoms with Gasteiger partial charge in [-0.1, -0.05) is 13.8 Å². The molecule has 2 N–H and O–H groups in total. The first-order valence-corrected chi connectivity index (χ1v) is 5.58. The standard InChI is InChI=1S/C11H21N3/c1-3-10(4-2)12-7-5-6-11-13-8-9-14-11/h8-10,12H,3-7H2,1-2H3,(H,13,14). The zero-order valence-corrected chi connectivity index (χ0v) is 9.21. The average Bonchev–Trinajstić information content (AvgIpc) is 2.71. The Balaban J connectivity index is 2.04. The van der Waals surface area contributed by atoms with Gasteiger partial charge in [0.15, 0.2) is 0 Å². The Morgan fingerprint density at radius 3 is 2.79 bits per heavy atom. The van der Waals surface area contributed by atoms with Crippen LogP contribution in [0.25, 0.3) is 0 Å². The number of nitrogens with zero attached hydrogens (tertiary/aromatic N) is 1. The average molecular weight is 195 g/mol. The van der Waals surface area contributed by atoms with Crippen molar-refractivity contribution in [1.29, 1.82) is 0 Å². The summed E-state index contributed by atoms with van der Waals surface area (Å²) in [6, 6.07) is 0.687. The molecular weight excluding hydrogens is 174 g/mol. The van der Waals surface area contributed by atoms with E-state index in [-0.39, 0.29) is 0 Å². The first-order valence-electron chi connectivity index (χ1n) is 5.58. The summed E-state index contributed by atoms with van der Waals surface area (Å²) in [7, 11) is 0. The van der Waals surface area contributed by atoms with Gasteiger partial charge in [-0.15, -0.1) is 0 Å². The Morgan fingerprint density at radius 1 is 1.43 bits per heavy atom. The maximum absolute atomic E-state index is 4.19. The van der Waals surface area contributed by atoms with Crippen LogP contribution in [0.4, 0.5) is 0 Å². The number of aromatic amines is 1. The molecule has 0 amide bonds. The third-order valence-electron chi connectivity index (χ3n) is 2.56. The maximum Gasteiger partial charge on any atom is 0.106 e. The van der Waals surface area contributed by atoms with Gasteiger partial charge in [-0.05, 0) is 25.8 Å². The van der Waals surface area contributed by atoms with Crippen molar-refractivity contribution in [2.75, 3.05) is 6.54 Å². The summed E-state index contributed by atoms with van der Waals surface area (Å²) in [5.41, 5.74) is 0. The Hall–Kier alpha value is -0.830. The highest BCUT2D eigenvalue weighted by atomic mass is 14.9. The van der Waals surface area contributed by atoms with E-state index >= 15 is 0 Å². The summed E-state index contributed by atoms with van der Waals surface area (Å²) < 4.78 is 0. The van der Waals surface area contributed by atoms with Crippen LogP contribution in [0.5, 0.6) is 0 Å². The quantitative estimate of drug-likeness (QED) is 0.654. The number of nitrogens with one attached hydrogen (secondary N) is 2. The van der Waals surface area contributed by atoms with E-state index in [4.69, 9.17) is 0 Å². The van der Waals surface area contributed by atoms with Crippen molar-refractivity contribution < 1.29 is 0 Å². The number of hydrogen-bond acceptors (Lipinski definition) is 2. The van der Waals surface area contributed by atoms with Gasteiger partial charge < -0.3 is 10.3 Å². The zero-order valence-electron chi connectivity index (χ0n) is 9.21. The molecule has 0 unspecified atom stereocenters. The summed E-state index contributed by atoms with van der Waals surface area (Å²) in [5.74, 6) is 1.09. The second-order valence-corrected chi connectivity index (χ2v) is 3.61. The van der Waals surface area contributed by atoms with E-state index in [2.05, 4.69) is 29.1 Å². The molecular formula is C11H21N3. The number of H-pyrrole nitrogens is 1. The molecule has 0 atom stereocenters. The molecule has 1 heterocycles. The fraction of sp³-hybridized carbons (Fsp3) is 0.727. The molecule has 0 aromatic carbocycles. The first kappa shape index (κ1) is 11.2. The summed E-state index contributed by atoms with van der Waals surface area (Å²) in [6.45, 7) is 5.55. The molecule has 0 saturated heterocycles. The molecule has 3 heteroatoms. The molecule has 1 aromatic heterocycles. The molecule has 0 spiro atoms. The van der Waals surface area contributed by atoms with Crippen LogP contribution in [0.3, 0.4) is 0 Å². The third-order valence-corrected chi connectivity index (χ3v) is 2.56. The molecule has 0 fully saturated rings. The molecule has 0 aliphatic carbocycles. The first-order chi connectivity index (χ1) is 6.86. The second-order valence-electron chi connectivity index (χ2n) is 3.61. The van der Waals surface area contributed by atoms with Gasteiger partial charge in [0.05, 0.1) is 0 Å². The van der Waals surface area contributed by atoms with Crippen molar-refractivity contribution in [2.45, 2.75) is 45.6 Å². The van der Waals surface area contributed by atoms with E-state index in [1.165, 1.54) is 12.8 Å². The lowest BCUT2D eigenvalue weighted by atomic mass is 10.1. The van der Waals surface area contributed by atoms with E-state index in [0.29, 0.717) is 6.04 Å². The normalized spacial score (nSPS) is 11.1.